The molecule has 0 spiro atoms. The van der Waals surface area contributed by atoms with E-state index in [9.17, 15) is 0 Å². The molecule has 1 atom stereocenters. The van der Waals surface area contributed by atoms with Crippen LogP contribution in [0.15, 0.2) is 42.5 Å². The summed E-state index contributed by atoms with van der Waals surface area (Å²) >= 11 is 0. The molecule has 0 aromatic heterocycles. The standard InChI is InChI=1S/C19H23NO/c1-3-20-12-16-10-14(2)8-9-19(16)21-13-17-11-15-6-4-5-7-18(15)17/h4-10,17,20H,3,11-13H2,1-2H3. The first kappa shape index (κ1) is 14.2. The van der Waals surface area contributed by atoms with Crippen LogP contribution in [0.2, 0.25) is 0 Å². The summed E-state index contributed by atoms with van der Waals surface area (Å²) in [6.45, 7) is 6.88. The maximum atomic E-state index is 6.11. The lowest BCUT2D eigenvalue weighted by Crippen LogP contribution is -2.23. The summed E-state index contributed by atoms with van der Waals surface area (Å²) < 4.78 is 6.11. The number of rotatable bonds is 6. The summed E-state index contributed by atoms with van der Waals surface area (Å²) in [5, 5.41) is 3.38. The van der Waals surface area contributed by atoms with Gasteiger partial charge in [0.25, 0.3) is 0 Å². The summed E-state index contributed by atoms with van der Waals surface area (Å²) in [7, 11) is 0. The summed E-state index contributed by atoms with van der Waals surface area (Å²) in [4.78, 5) is 0. The maximum Gasteiger partial charge on any atom is 0.123 e. The molecule has 110 valence electrons. The Bertz CT molecular complexity index is 621. The molecule has 2 heteroatoms. The fourth-order valence-electron chi connectivity index (χ4n) is 2.95. The van der Waals surface area contributed by atoms with E-state index < -0.39 is 0 Å². The van der Waals surface area contributed by atoms with Crippen LogP contribution >= 0.6 is 0 Å². The van der Waals surface area contributed by atoms with Crippen molar-refractivity contribution >= 4 is 0 Å². The molecule has 2 aromatic carbocycles. The number of benzene rings is 2. The Labute approximate surface area is 127 Å². The first-order valence-electron chi connectivity index (χ1n) is 7.78. The molecule has 2 nitrogen and oxygen atoms in total. The third-order valence-electron chi connectivity index (χ3n) is 4.18. The van der Waals surface area contributed by atoms with E-state index in [2.05, 4.69) is 61.6 Å². The molecule has 0 bridgehead atoms. The number of hydrogen-bond acceptors (Lipinski definition) is 2. The molecule has 0 fully saturated rings. The maximum absolute atomic E-state index is 6.11. The minimum Gasteiger partial charge on any atom is -0.493 e. The highest BCUT2D eigenvalue weighted by Crippen LogP contribution is 2.35. The number of hydrogen-bond donors (Lipinski definition) is 1. The second-order valence-electron chi connectivity index (χ2n) is 5.80. The second-order valence-corrected chi connectivity index (χ2v) is 5.80. The van der Waals surface area contributed by atoms with Gasteiger partial charge in [0.15, 0.2) is 0 Å². The lowest BCUT2D eigenvalue weighted by atomic mass is 9.78. The van der Waals surface area contributed by atoms with Crippen LogP contribution in [0.1, 0.15) is 35.1 Å². The molecule has 1 N–H and O–H groups in total. The van der Waals surface area contributed by atoms with Gasteiger partial charge in [-0.1, -0.05) is 48.9 Å². The van der Waals surface area contributed by atoms with Crippen LogP contribution < -0.4 is 10.1 Å². The molecule has 0 radical (unpaired) electrons. The minimum atomic E-state index is 0.550. The van der Waals surface area contributed by atoms with Crippen LogP contribution in [-0.4, -0.2) is 13.2 Å². The van der Waals surface area contributed by atoms with Gasteiger partial charge in [-0.25, -0.2) is 0 Å². The topological polar surface area (TPSA) is 21.3 Å². The van der Waals surface area contributed by atoms with Gasteiger partial charge in [-0.2, -0.15) is 0 Å². The largest absolute Gasteiger partial charge is 0.493 e. The van der Waals surface area contributed by atoms with Crippen molar-refractivity contribution in [2.45, 2.75) is 32.7 Å². The zero-order chi connectivity index (χ0) is 14.7. The first-order valence-corrected chi connectivity index (χ1v) is 7.78. The van der Waals surface area contributed by atoms with Crippen LogP contribution in [0.5, 0.6) is 5.75 Å². The van der Waals surface area contributed by atoms with Crippen LogP contribution in [0, 0.1) is 6.92 Å². The number of fused-ring (bicyclic) bond motifs is 1. The Morgan fingerprint density at radius 1 is 1.19 bits per heavy atom. The van der Waals surface area contributed by atoms with Crippen LogP contribution in [0.3, 0.4) is 0 Å². The van der Waals surface area contributed by atoms with Gasteiger partial charge in [0.1, 0.15) is 5.75 Å². The van der Waals surface area contributed by atoms with Gasteiger partial charge in [-0.05, 0) is 37.1 Å². The van der Waals surface area contributed by atoms with Crippen molar-refractivity contribution in [1.82, 2.24) is 5.32 Å². The van der Waals surface area contributed by atoms with E-state index in [0.717, 1.165) is 31.9 Å². The van der Waals surface area contributed by atoms with E-state index in [1.165, 1.54) is 22.3 Å². The molecule has 1 aliphatic rings. The van der Waals surface area contributed by atoms with Crippen molar-refractivity contribution < 1.29 is 4.74 Å². The number of nitrogens with one attached hydrogen (secondary N) is 1. The molecule has 0 saturated carbocycles. The molecular weight excluding hydrogens is 258 g/mol. The van der Waals surface area contributed by atoms with E-state index in [1.807, 2.05) is 0 Å². The van der Waals surface area contributed by atoms with Gasteiger partial charge >= 0.3 is 0 Å². The molecule has 0 aliphatic heterocycles. The molecule has 2 aromatic rings. The lowest BCUT2D eigenvalue weighted by Gasteiger charge is -2.30. The van der Waals surface area contributed by atoms with E-state index in [0.29, 0.717) is 5.92 Å². The van der Waals surface area contributed by atoms with Crippen LogP contribution in [0.25, 0.3) is 0 Å². The second kappa shape index (κ2) is 6.31. The average Bonchev–Trinajstić information content (AvgIpc) is 2.47. The smallest absolute Gasteiger partial charge is 0.123 e. The Hall–Kier alpha value is -1.80. The van der Waals surface area contributed by atoms with Crippen molar-refractivity contribution in [3.8, 4) is 5.75 Å². The predicted molar refractivity (Wildman–Crippen MR) is 86.9 cm³/mol. The highest BCUT2D eigenvalue weighted by Gasteiger charge is 2.26. The first-order chi connectivity index (χ1) is 10.3. The zero-order valence-electron chi connectivity index (χ0n) is 12.9. The van der Waals surface area contributed by atoms with Crippen LogP contribution in [0.4, 0.5) is 0 Å². The fraction of sp³-hybridized carbons (Fsp3) is 0.368. The predicted octanol–water partition coefficient (Wildman–Crippen LogP) is 3.82. The van der Waals surface area contributed by atoms with Gasteiger partial charge in [0.2, 0.25) is 0 Å². The zero-order valence-corrected chi connectivity index (χ0v) is 12.9. The normalized spacial score (nSPS) is 16.2. The summed E-state index contributed by atoms with van der Waals surface area (Å²) in [5.41, 5.74) is 5.47. The summed E-state index contributed by atoms with van der Waals surface area (Å²) in [6, 6.07) is 15.1. The van der Waals surface area contributed by atoms with Crippen molar-refractivity contribution in [3.05, 3.63) is 64.7 Å². The van der Waals surface area contributed by atoms with Crippen molar-refractivity contribution in [2.24, 2.45) is 0 Å². The van der Waals surface area contributed by atoms with Gasteiger partial charge in [0, 0.05) is 18.0 Å². The van der Waals surface area contributed by atoms with Gasteiger partial charge in [-0.15, -0.1) is 0 Å². The molecule has 1 unspecified atom stereocenters. The highest BCUT2D eigenvalue weighted by atomic mass is 16.5. The van der Waals surface area contributed by atoms with E-state index in [-0.39, 0.29) is 0 Å². The third kappa shape index (κ3) is 3.11. The Morgan fingerprint density at radius 2 is 2.05 bits per heavy atom. The van der Waals surface area contributed by atoms with Crippen LogP contribution in [-0.2, 0) is 13.0 Å². The van der Waals surface area contributed by atoms with Gasteiger partial charge in [0.05, 0.1) is 6.61 Å². The Balaban J connectivity index is 1.66. The summed E-state index contributed by atoms with van der Waals surface area (Å²) in [6.07, 6.45) is 1.14. The van der Waals surface area contributed by atoms with Crippen molar-refractivity contribution in [3.63, 3.8) is 0 Å². The number of aryl methyl sites for hydroxylation is 1. The van der Waals surface area contributed by atoms with E-state index >= 15 is 0 Å². The fourth-order valence-corrected chi connectivity index (χ4v) is 2.95. The molecule has 3 rings (SSSR count). The molecule has 1 aliphatic carbocycles. The molecular formula is C19H23NO. The minimum absolute atomic E-state index is 0.550. The van der Waals surface area contributed by atoms with Crippen molar-refractivity contribution in [1.29, 1.82) is 0 Å². The van der Waals surface area contributed by atoms with E-state index in [1.54, 1.807) is 0 Å². The Kier molecular flexibility index (Phi) is 4.26. The molecule has 21 heavy (non-hydrogen) atoms. The molecule has 0 heterocycles. The highest BCUT2D eigenvalue weighted by molar-refractivity contribution is 5.41. The van der Waals surface area contributed by atoms with Crippen molar-refractivity contribution in [2.75, 3.05) is 13.2 Å². The van der Waals surface area contributed by atoms with Gasteiger partial charge in [-0.3, -0.25) is 0 Å². The third-order valence-corrected chi connectivity index (χ3v) is 4.18. The summed E-state index contributed by atoms with van der Waals surface area (Å²) in [5.74, 6) is 1.57. The average molecular weight is 281 g/mol. The lowest BCUT2D eigenvalue weighted by molar-refractivity contribution is 0.272. The van der Waals surface area contributed by atoms with E-state index in [4.69, 9.17) is 4.74 Å². The Morgan fingerprint density at radius 3 is 2.86 bits per heavy atom. The SMILES string of the molecule is CCNCc1cc(C)ccc1OCC1Cc2ccccc21. The van der Waals surface area contributed by atoms with Gasteiger partial charge < -0.3 is 10.1 Å². The molecule has 0 saturated heterocycles. The molecule has 0 amide bonds. The monoisotopic (exact) mass is 281 g/mol. The number of ether oxygens (including phenoxy) is 1. The quantitative estimate of drug-likeness (QED) is 0.869.